The fourth-order valence-electron chi connectivity index (χ4n) is 1.80. The van der Waals surface area contributed by atoms with Gasteiger partial charge in [0, 0.05) is 11.1 Å². The molecule has 21 heavy (non-hydrogen) atoms. The Bertz CT molecular complexity index is 678. The second kappa shape index (κ2) is 7.23. The lowest BCUT2D eigenvalue weighted by Gasteiger charge is -2.14. The SMILES string of the molecule is C[C@H](NCC(=O)Nc1sccc1C#N)c1cccc(Cl)c1. The van der Waals surface area contributed by atoms with Crippen LogP contribution >= 0.6 is 22.9 Å². The first-order valence-corrected chi connectivity index (χ1v) is 7.62. The molecule has 0 unspecified atom stereocenters. The van der Waals surface area contributed by atoms with Crippen LogP contribution in [0.25, 0.3) is 0 Å². The maximum Gasteiger partial charge on any atom is 0.238 e. The van der Waals surface area contributed by atoms with Crippen molar-refractivity contribution in [2.24, 2.45) is 0 Å². The summed E-state index contributed by atoms with van der Waals surface area (Å²) in [6.45, 7) is 2.13. The molecule has 0 aliphatic heterocycles. The van der Waals surface area contributed by atoms with Crippen LogP contribution in [0.4, 0.5) is 5.00 Å². The second-order valence-corrected chi connectivity index (χ2v) is 5.83. The predicted octanol–water partition coefficient (Wildman–Crippen LogP) is 3.56. The first-order valence-electron chi connectivity index (χ1n) is 6.36. The predicted molar refractivity (Wildman–Crippen MR) is 85.5 cm³/mol. The molecule has 2 rings (SSSR count). The van der Waals surface area contributed by atoms with Crippen molar-refractivity contribution in [1.29, 1.82) is 5.26 Å². The Kier molecular flexibility index (Phi) is 5.34. The Morgan fingerprint density at radius 3 is 3.00 bits per heavy atom. The highest BCUT2D eigenvalue weighted by molar-refractivity contribution is 7.14. The molecule has 1 aromatic carbocycles. The quantitative estimate of drug-likeness (QED) is 0.885. The molecule has 2 N–H and O–H groups in total. The van der Waals surface area contributed by atoms with E-state index in [1.54, 1.807) is 11.4 Å². The van der Waals surface area contributed by atoms with E-state index in [0.29, 0.717) is 15.6 Å². The van der Waals surface area contributed by atoms with Gasteiger partial charge in [-0.3, -0.25) is 4.79 Å². The topological polar surface area (TPSA) is 64.9 Å². The zero-order valence-electron chi connectivity index (χ0n) is 11.4. The third-order valence-electron chi connectivity index (χ3n) is 2.96. The van der Waals surface area contributed by atoms with Crippen molar-refractivity contribution < 1.29 is 4.79 Å². The van der Waals surface area contributed by atoms with Crippen LogP contribution in [-0.4, -0.2) is 12.5 Å². The van der Waals surface area contributed by atoms with Crippen LogP contribution in [0.3, 0.4) is 0 Å². The summed E-state index contributed by atoms with van der Waals surface area (Å²) in [5, 5.41) is 17.8. The van der Waals surface area contributed by atoms with Crippen LogP contribution in [0.2, 0.25) is 5.02 Å². The van der Waals surface area contributed by atoms with E-state index < -0.39 is 0 Å². The number of amides is 1. The minimum Gasteiger partial charge on any atom is -0.315 e. The second-order valence-electron chi connectivity index (χ2n) is 4.48. The van der Waals surface area contributed by atoms with E-state index in [2.05, 4.69) is 10.6 Å². The van der Waals surface area contributed by atoms with Gasteiger partial charge in [-0.25, -0.2) is 0 Å². The number of carbonyl (C=O) groups is 1. The van der Waals surface area contributed by atoms with Gasteiger partial charge in [0.15, 0.2) is 0 Å². The Morgan fingerprint density at radius 1 is 1.48 bits per heavy atom. The minimum absolute atomic E-state index is 0.00761. The lowest BCUT2D eigenvalue weighted by atomic mass is 10.1. The van der Waals surface area contributed by atoms with Crippen molar-refractivity contribution in [1.82, 2.24) is 5.32 Å². The number of anilines is 1. The molecule has 0 aliphatic carbocycles. The van der Waals surface area contributed by atoms with Crippen molar-refractivity contribution in [2.45, 2.75) is 13.0 Å². The molecule has 0 aliphatic rings. The molecule has 0 radical (unpaired) electrons. The van der Waals surface area contributed by atoms with Crippen molar-refractivity contribution in [2.75, 3.05) is 11.9 Å². The van der Waals surface area contributed by atoms with Crippen molar-refractivity contribution in [3.8, 4) is 6.07 Å². The zero-order chi connectivity index (χ0) is 15.2. The summed E-state index contributed by atoms with van der Waals surface area (Å²) in [5.74, 6) is -0.178. The number of nitrogens with one attached hydrogen (secondary N) is 2. The molecule has 1 atom stereocenters. The van der Waals surface area contributed by atoms with Crippen molar-refractivity contribution in [3.63, 3.8) is 0 Å². The van der Waals surface area contributed by atoms with Gasteiger partial charge in [0.25, 0.3) is 0 Å². The van der Waals surface area contributed by atoms with E-state index >= 15 is 0 Å². The molecule has 6 heteroatoms. The number of nitrogens with zero attached hydrogens (tertiary/aromatic N) is 1. The molecule has 1 heterocycles. The monoisotopic (exact) mass is 319 g/mol. The van der Waals surface area contributed by atoms with Crippen LogP contribution in [0.5, 0.6) is 0 Å². The van der Waals surface area contributed by atoms with E-state index in [4.69, 9.17) is 16.9 Å². The van der Waals surface area contributed by atoms with Gasteiger partial charge in [-0.1, -0.05) is 23.7 Å². The number of benzene rings is 1. The fourth-order valence-corrected chi connectivity index (χ4v) is 2.76. The summed E-state index contributed by atoms with van der Waals surface area (Å²) >= 11 is 7.28. The normalized spacial score (nSPS) is 11.7. The third-order valence-corrected chi connectivity index (χ3v) is 4.02. The molecule has 0 fully saturated rings. The fraction of sp³-hybridized carbons (Fsp3) is 0.200. The molecule has 0 spiro atoms. The number of nitriles is 1. The first kappa shape index (κ1) is 15.5. The molecule has 0 bridgehead atoms. The van der Waals surface area contributed by atoms with E-state index in [0.717, 1.165) is 5.56 Å². The van der Waals surface area contributed by atoms with Gasteiger partial charge in [0.05, 0.1) is 12.1 Å². The van der Waals surface area contributed by atoms with E-state index in [1.807, 2.05) is 37.3 Å². The Morgan fingerprint density at radius 2 is 2.29 bits per heavy atom. The van der Waals surface area contributed by atoms with E-state index in [9.17, 15) is 4.79 Å². The number of carbonyl (C=O) groups excluding carboxylic acids is 1. The Labute approximate surface area is 132 Å². The Balaban J connectivity index is 1.88. The lowest BCUT2D eigenvalue weighted by Crippen LogP contribution is -2.30. The summed E-state index contributed by atoms with van der Waals surface area (Å²) in [7, 11) is 0. The van der Waals surface area contributed by atoms with Crippen LogP contribution in [0.1, 0.15) is 24.1 Å². The largest absolute Gasteiger partial charge is 0.315 e. The zero-order valence-corrected chi connectivity index (χ0v) is 13.0. The number of hydrogen-bond acceptors (Lipinski definition) is 4. The van der Waals surface area contributed by atoms with Gasteiger partial charge < -0.3 is 10.6 Å². The number of rotatable bonds is 5. The maximum atomic E-state index is 11.9. The van der Waals surface area contributed by atoms with Gasteiger partial charge in [-0.05, 0) is 36.1 Å². The highest BCUT2D eigenvalue weighted by atomic mass is 35.5. The summed E-state index contributed by atoms with van der Waals surface area (Å²) in [6.07, 6.45) is 0. The first-order chi connectivity index (χ1) is 10.1. The maximum absolute atomic E-state index is 11.9. The summed E-state index contributed by atoms with van der Waals surface area (Å²) in [5.41, 5.74) is 1.50. The number of thiophene rings is 1. The van der Waals surface area contributed by atoms with Crippen LogP contribution in [0, 0.1) is 11.3 Å². The smallest absolute Gasteiger partial charge is 0.238 e. The molecule has 4 nitrogen and oxygen atoms in total. The molecule has 1 amide bonds. The van der Waals surface area contributed by atoms with Gasteiger partial charge in [0.1, 0.15) is 11.1 Å². The third kappa shape index (κ3) is 4.30. The molecule has 1 aromatic heterocycles. The number of hydrogen-bond donors (Lipinski definition) is 2. The van der Waals surface area contributed by atoms with Gasteiger partial charge in [-0.15, -0.1) is 11.3 Å². The average molecular weight is 320 g/mol. The van der Waals surface area contributed by atoms with E-state index in [1.165, 1.54) is 11.3 Å². The van der Waals surface area contributed by atoms with Gasteiger partial charge in [-0.2, -0.15) is 5.26 Å². The van der Waals surface area contributed by atoms with Crippen LogP contribution < -0.4 is 10.6 Å². The minimum atomic E-state index is -0.178. The highest BCUT2D eigenvalue weighted by Crippen LogP contribution is 2.22. The van der Waals surface area contributed by atoms with Crippen LogP contribution in [0.15, 0.2) is 35.7 Å². The highest BCUT2D eigenvalue weighted by Gasteiger charge is 2.10. The van der Waals surface area contributed by atoms with Crippen molar-refractivity contribution in [3.05, 3.63) is 51.9 Å². The van der Waals surface area contributed by atoms with Crippen molar-refractivity contribution >= 4 is 33.8 Å². The standard InChI is InChI=1S/C15H14ClN3OS/c1-10(11-3-2-4-13(16)7-11)18-9-14(20)19-15-12(8-17)5-6-21-15/h2-7,10,18H,9H2,1H3,(H,19,20)/t10-/m0/s1. The summed E-state index contributed by atoms with van der Waals surface area (Å²) in [4.78, 5) is 11.9. The lowest BCUT2D eigenvalue weighted by molar-refractivity contribution is -0.115. The Hall–Kier alpha value is -1.87. The van der Waals surface area contributed by atoms with Gasteiger partial charge >= 0.3 is 0 Å². The molecule has 0 saturated carbocycles. The number of halogens is 1. The molecule has 108 valence electrons. The molecule has 0 saturated heterocycles. The van der Waals surface area contributed by atoms with E-state index in [-0.39, 0.29) is 18.5 Å². The molecular formula is C15H14ClN3OS. The van der Waals surface area contributed by atoms with Crippen LogP contribution in [-0.2, 0) is 4.79 Å². The molecular weight excluding hydrogens is 306 g/mol. The average Bonchev–Trinajstić information content (AvgIpc) is 2.92. The summed E-state index contributed by atoms with van der Waals surface area (Å²) < 4.78 is 0. The summed E-state index contributed by atoms with van der Waals surface area (Å²) in [6, 6.07) is 11.2. The molecule has 2 aromatic rings. The van der Waals surface area contributed by atoms with Gasteiger partial charge in [0.2, 0.25) is 5.91 Å².